The maximum Gasteiger partial charge on any atom is 0.343 e. The van der Waals surface area contributed by atoms with Gasteiger partial charge in [-0.1, -0.05) is 35.3 Å². The average Bonchev–Trinajstić information content (AvgIpc) is 3.21. The third kappa shape index (κ3) is 3.60. The number of imide groups is 4. The first-order chi connectivity index (χ1) is 17.2. The molecular weight excluding hydrogens is 511 g/mol. The topological polar surface area (TPSA) is 115 Å². The third-order valence-corrected chi connectivity index (χ3v) is 5.91. The summed E-state index contributed by atoms with van der Waals surface area (Å²) in [6, 6.07) is 15.0. The second kappa shape index (κ2) is 8.59. The van der Waals surface area contributed by atoms with Crippen molar-refractivity contribution in [2.24, 2.45) is 0 Å². The Bertz CT molecular complexity index is 1390. The van der Waals surface area contributed by atoms with Crippen LogP contribution in [0.15, 0.2) is 72.8 Å². The second-order valence-electron chi connectivity index (χ2n) is 7.60. The molecule has 178 valence electrons. The molecule has 0 atom stereocenters. The molecule has 0 N–H and O–H groups in total. The molecule has 0 saturated carbocycles. The van der Waals surface area contributed by atoms with E-state index in [2.05, 4.69) is 0 Å². The van der Waals surface area contributed by atoms with Crippen molar-refractivity contribution >= 4 is 81.6 Å². The number of hydrogen-bond acceptors (Lipinski definition) is 6. The third-order valence-electron chi connectivity index (χ3n) is 5.44. The van der Waals surface area contributed by atoms with Crippen LogP contribution in [0.3, 0.4) is 0 Å². The number of rotatable bonds is 4. The summed E-state index contributed by atoms with van der Waals surface area (Å²) >= 11 is 11.9. The summed E-state index contributed by atoms with van der Waals surface area (Å²) in [6.07, 6.45) is 0. The van der Waals surface area contributed by atoms with Crippen LogP contribution in [0.4, 0.5) is 32.3 Å². The fourth-order valence-electron chi connectivity index (χ4n) is 3.82. The van der Waals surface area contributed by atoms with Gasteiger partial charge in [0.2, 0.25) is 0 Å². The smallest absolute Gasteiger partial charge is 0.262 e. The lowest BCUT2D eigenvalue weighted by Gasteiger charge is -2.18. The number of urea groups is 2. The molecule has 10 nitrogen and oxygen atoms in total. The summed E-state index contributed by atoms with van der Waals surface area (Å²) in [7, 11) is 0. The van der Waals surface area contributed by atoms with Crippen LogP contribution in [-0.4, -0.2) is 35.7 Å². The Morgan fingerprint density at radius 1 is 0.417 bits per heavy atom. The summed E-state index contributed by atoms with van der Waals surface area (Å²) in [6.45, 7) is 0. The van der Waals surface area contributed by atoms with Gasteiger partial charge in [0.25, 0.3) is 0 Å². The SMILES string of the molecule is O=C1C(=O)N(c2cccc(Cl)c2)C(=O)N1c1ccc(N2C(=O)C(=O)N(c3cccc(Cl)c3)C2=O)cc1. The largest absolute Gasteiger partial charge is 0.343 e. The first-order valence-corrected chi connectivity index (χ1v) is 11.0. The molecule has 0 bridgehead atoms. The fourth-order valence-corrected chi connectivity index (χ4v) is 4.19. The Labute approximate surface area is 212 Å². The van der Waals surface area contributed by atoms with Crippen molar-refractivity contribution in [2.75, 3.05) is 19.6 Å². The van der Waals surface area contributed by atoms with E-state index in [4.69, 9.17) is 23.2 Å². The predicted octanol–water partition coefficient (Wildman–Crippen LogP) is 3.99. The molecule has 2 saturated heterocycles. The van der Waals surface area contributed by atoms with E-state index in [9.17, 15) is 28.8 Å². The fraction of sp³-hybridized carbons (Fsp3) is 0. The number of carbonyl (C=O) groups is 6. The highest BCUT2D eigenvalue weighted by Gasteiger charge is 2.48. The van der Waals surface area contributed by atoms with E-state index in [1.807, 2.05) is 0 Å². The van der Waals surface area contributed by atoms with Crippen molar-refractivity contribution in [1.29, 1.82) is 0 Å². The molecular formula is C24H12Cl2N4O6. The molecule has 3 aromatic rings. The summed E-state index contributed by atoms with van der Waals surface area (Å²) in [5.74, 6) is -4.33. The van der Waals surface area contributed by atoms with E-state index >= 15 is 0 Å². The van der Waals surface area contributed by atoms with Crippen molar-refractivity contribution < 1.29 is 28.8 Å². The molecule has 12 heteroatoms. The van der Waals surface area contributed by atoms with Crippen molar-refractivity contribution in [2.45, 2.75) is 0 Å². The summed E-state index contributed by atoms with van der Waals surface area (Å²) in [4.78, 5) is 78.8. The number of anilines is 4. The first-order valence-electron chi connectivity index (χ1n) is 10.3. The minimum absolute atomic E-state index is 0.0174. The van der Waals surface area contributed by atoms with E-state index in [1.165, 1.54) is 60.7 Å². The molecule has 0 spiro atoms. The zero-order valence-electron chi connectivity index (χ0n) is 17.9. The Morgan fingerprint density at radius 2 is 0.722 bits per heavy atom. The molecule has 2 heterocycles. The van der Waals surface area contributed by atoms with Crippen molar-refractivity contribution in [3.8, 4) is 0 Å². The molecule has 2 aliphatic rings. The van der Waals surface area contributed by atoms with E-state index in [1.54, 1.807) is 12.1 Å². The number of halogens is 2. The van der Waals surface area contributed by atoms with Gasteiger partial charge in [-0.05, 0) is 60.7 Å². The van der Waals surface area contributed by atoms with E-state index in [-0.39, 0.29) is 32.8 Å². The Balaban J connectivity index is 1.43. The summed E-state index contributed by atoms with van der Waals surface area (Å²) in [5.41, 5.74) is 0.281. The normalized spacial score (nSPS) is 16.2. The number of benzene rings is 3. The van der Waals surface area contributed by atoms with Crippen LogP contribution in [0, 0.1) is 0 Å². The molecule has 0 aromatic heterocycles. The van der Waals surface area contributed by atoms with Crippen LogP contribution >= 0.6 is 23.2 Å². The lowest BCUT2D eigenvalue weighted by molar-refractivity contribution is -0.133. The maximum absolute atomic E-state index is 12.9. The van der Waals surface area contributed by atoms with Crippen LogP contribution in [0.2, 0.25) is 10.0 Å². The number of amides is 8. The summed E-state index contributed by atoms with van der Waals surface area (Å²) in [5, 5.41) is 0.536. The van der Waals surface area contributed by atoms with Crippen LogP contribution in [0.1, 0.15) is 0 Å². The Kier molecular flexibility index (Phi) is 5.54. The monoisotopic (exact) mass is 522 g/mol. The highest BCUT2D eigenvalue weighted by Crippen LogP contribution is 2.32. The van der Waals surface area contributed by atoms with Gasteiger partial charge < -0.3 is 0 Å². The van der Waals surface area contributed by atoms with E-state index < -0.39 is 35.7 Å². The molecule has 3 aromatic carbocycles. The van der Waals surface area contributed by atoms with Gasteiger partial charge in [-0.2, -0.15) is 0 Å². The molecule has 2 fully saturated rings. The Morgan fingerprint density at radius 3 is 1.03 bits per heavy atom. The summed E-state index contributed by atoms with van der Waals surface area (Å²) < 4.78 is 0. The number of carbonyl (C=O) groups excluding carboxylic acids is 6. The average molecular weight is 523 g/mol. The lowest BCUT2D eigenvalue weighted by atomic mass is 10.2. The standard InChI is InChI=1S/C24H12Cl2N4O6/c25-13-3-1-5-17(11-13)29-21(33)19(31)27(23(29)35)15-7-9-16(10-8-15)28-20(32)22(34)30(24(28)36)18-6-2-4-14(26)12-18/h1-12H. The molecule has 5 rings (SSSR count). The Hall–Kier alpha value is -4.54. The van der Waals surface area contributed by atoms with Crippen LogP contribution in [-0.2, 0) is 19.2 Å². The number of nitrogens with zero attached hydrogens (tertiary/aromatic N) is 4. The van der Waals surface area contributed by atoms with Crippen LogP contribution < -0.4 is 19.6 Å². The molecule has 0 unspecified atom stereocenters. The second-order valence-corrected chi connectivity index (χ2v) is 8.48. The quantitative estimate of drug-likeness (QED) is 0.377. The van der Waals surface area contributed by atoms with Gasteiger partial charge in [0.15, 0.2) is 0 Å². The molecule has 0 radical (unpaired) electrons. The van der Waals surface area contributed by atoms with Gasteiger partial charge >= 0.3 is 35.7 Å². The van der Waals surface area contributed by atoms with Crippen molar-refractivity contribution in [3.05, 3.63) is 82.8 Å². The zero-order valence-corrected chi connectivity index (χ0v) is 19.4. The lowest BCUT2D eigenvalue weighted by Crippen LogP contribution is -2.34. The van der Waals surface area contributed by atoms with Gasteiger partial charge in [-0.3, -0.25) is 19.2 Å². The van der Waals surface area contributed by atoms with Crippen LogP contribution in [0.25, 0.3) is 0 Å². The van der Waals surface area contributed by atoms with Gasteiger partial charge in [0, 0.05) is 10.0 Å². The molecule has 0 aliphatic carbocycles. The minimum Gasteiger partial charge on any atom is -0.262 e. The van der Waals surface area contributed by atoms with Gasteiger partial charge in [-0.25, -0.2) is 29.2 Å². The molecule has 36 heavy (non-hydrogen) atoms. The van der Waals surface area contributed by atoms with E-state index in [0.29, 0.717) is 19.6 Å². The zero-order chi connectivity index (χ0) is 25.7. The number of hydrogen-bond donors (Lipinski definition) is 0. The molecule has 2 aliphatic heterocycles. The van der Waals surface area contributed by atoms with Gasteiger partial charge in [0.05, 0.1) is 22.7 Å². The molecule has 8 amide bonds. The highest BCUT2D eigenvalue weighted by molar-refractivity contribution is 6.61. The van der Waals surface area contributed by atoms with Gasteiger partial charge in [-0.15, -0.1) is 0 Å². The highest BCUT2D eigenvalue weighted by atomic mass is 35.5. The predicted molar refractivity (Wildman–Crippen MR) is 130 cm³/mol. The first kappa shape index (κ1) is 23.2. The minimum atomic E-state index is -1.09. The van der Waals surface area contributed by atoms with Gasteiger partial charge in [0.1, 0.15) is 0 Å². The van der Waals surface area contributed by atoms with Crippen LogP contribution in [0.5, 0.6) is 0 Å². The van der Waals surface area contributed by atoms with Crippen molar-refractivity contribution in [1.82, 2.24) is 0 Å². The van der Waals surface area contributed by atoms with E-state index in [0.717, 1.165) is 0 Å². The maximum atomic E-state index is 12.9. The van der Waals surface area contributed by atoms with Crippen molar-refractivity contribution in [3.63, 3.8) is 0 Å².